The fourth-order valence-corrected chi connectivity index (χ4v) is 4.03. The van der Waals surface area contributed by atoms with Crippen LogP contribution in [0.1, 0.15) is 49.9 Å². The van der Waals surface area contributed by atoms with Crippen LogP contribution < -0.4 is 0 Å². The van der Waals surface area contributed by atoms with Crippen LogP contribution in [0.5, 0.6) is 0 Å². The van der Waals surface area contributed by atoms with E-state index in [9.17, 15) is 4.79 Å². The van der Waals surface area contributed by atoms with Gasteiger partial charge in [0.1, 0.15) is 6.33 Å². The molecule has 3 rings (SSSR count). The van der Waals surface area contributed by atoms with E-state index in [4.69, 9.17) is 0 Å². The molecule has 6 heteroatoms. The minimum Gasteiger partial charge on any atom is -0.335 e. The lowest BCUT2D eigenvalue weighted by Gasteiger charge is -2.25. The molecule has 24 heavy (non-hydrogen) atoms. The number of benzene rings is 1. The first-order valence-corrected chi connectivity index (χ1v) is 9.43. The molecule has 1 fully saturated rings. The molecular weight excluding hydrogens is 320 g/mol. The second kappa shape index (κ2) is 7.38. The van der Waals surface area contributed by atoms with Gasteiger partial charge in [-0.3, -0.25) is 4.79 Å². The molecule has 2 heterocycles. The topological polar surface area (TPSA) is 51.0 Å². The van der Waals surface area contributed by atoms with Gasteiger partial charge in [0, 0.05) is 12.6 Å². The second-order valence-corrected chi connectivity index (χ2v) is 7.50. The van der Waals surface area contributed by atoms with Crippen molar-refractivity contribution in [2.45, 2.75) is 50.9 Å². The number of amides is 1. The van der Waals surface area contributed by atoms with E-state index in [2.05, 4.69) is 55.2 Å². The lowest BCUT2D eigenvalue weighted by molar-refractivity contribution is -0.129. The van der Waals surface area contributed by atoms with Crippen molar-refractivity contribution in [3.05, 3.63) is 41.7 Å². The van der Waals surface area contributed by atoms with Gasteiger partial charge in [-0.05, 0) is 39.2 Å². The Morgan fingerprint density at radius 1 is 1.33 bits per heavy atom. The molecule has 1 unspecified atom stereocenters. The molecule has 1 aromatic carbocycles. The lowest BCUT2D eigenvalue weighted by Crippen LogP contribution is -2.32. The van der Waals surface area contributed by atoms with E-state index in [1.165, 1.54) is 22.9 Å². The van der Waals surface area contributed by atoms with Crippen LogP contribution in [-0.2, 0) is 4.79 Å². The quantitative estimate of drug-likeness (QED) is 0.777. The highest BCUT2D eigenvalue weighted by molar-refractivity contribution is 7.99. The molecule has 0 saturated carbocycles. The summed E-state index contributed by atoms with van der Waals surface area (Å²) < 4.78 is 2.00. The molecule has 5 nitrogen and oxygen atoms in total. The first kappa shape index (κ1) is 17.0. The number of carbonyl (C=O) groups excluding carboxylic acids is 1. The molecule has 1 amide bonds. The first-order valence-electron chi connectivity index (χ1n) is 8.44. The number of carbonyl (C=O) groups is 1. The van der Waals surface area contributed by atoms with Crippen molar-refractivity contribution in [3.63, 3.8) is 0 Å². The largest absolute Gasteiger partial charge is 0.335 e. The summed E-state index contributed by atoms with van der Waals surface area (Å²) in [5.41, 5.74) is 2.49. The predicted molar refractivity (Wildman–Crippen MR) is 96.0 cm³/mol. The summed E-state index contributed by atoms with van der Waals surface area (Å²) in [5, 5.41) is 8.89. The average Bonchev–Trinajstić information content (AvgIpc) is 3.22. The van der Waals surface area contributed by atoms with Crippen molar-refractivity contribution in [2.24, 2.45) is 0 Å². The highest BCUT2D eigenvalue weighted by atomic mass is 32.2. The van der Waals surface area contributed by atoms with E-state index in [0.717, 1.165) is 24.5 Å². The number of hydrogen-bond acceptors (Lipinski definition) is 4. The predicted octanol–water partition coefficient (Wildman–Crippen LogP) is 3.62. The zero-order valence-corrected chi connectivity index (χ0v) is 15.3. The summed E-state index contributed by atoms with van der Waals surface area (Å²) in [6.07, 6.45) is 3.83. The monoisotopic (exact) mass is 344 g/mol. The highest BCUT2D eigenvalue weighted by Crippen LogP contribution is 2.33. The minimum atomic E-state index is 0.182. The fraction of sp³-hybridized carbons (Fsp3) is 0.500. The number of hydrogen-bond donors (Lipinski definition) is 0. The summed E-state index contributed by atoms with van der Waals surface area (Å²) in [5.74, 6) is 0.592. The van der Waals surface area contributed by atoms with E-state index < -0.39 is 0 Å². The normalized spacial score (nSPS) is 17.7. The summed E-state index contributed by atoms with van der Waals surface area (Å²) in [6, 6.07) is 9.04. The third-order valence-corrected chi connectivity index (χ3v) is 5.40. The standard InChI is InChI=1S/C18H24N4OS/c1-13(2)22-12-19-20-18(22)24-11-17(23)21-10-4-5-16(21)15-8-6-14(3)7-9-15/h6-9,12-13,16H,4-5,10-11H2,1-3H3. The van der Waals surface area contributed by atoms with Crippen LogP contribution in [0.15, 0.2) is 35.7 Å². The lowest BCUT2D eigenvalue weighted by atomic mass is 10.0. The van der Waals surface area contributed by atoms with Crippen molar-refractivity contribution in [1.29, 1.82) is 0 Å². The van der Waals surface area contributed by atoms with Crippen molar-refractivity contribution in [3.8, 4) is 0 Å². The minimum absolute atomic E-state index is 0.182. The summed E-state index contributed by atoms with van der Waals surface area (Å²) in [7, 11) is 0. The Kier molecular flexibility index (Phi) is 5.23. The van der Waals surface area contributed by atoms with Gasteiger partial charge in [0.2, 0.25) is 5.91 Å². The van der Waals surface area contributed by atoms with Gasteiger partial charge in [-0.15, -0.1) is 10.2 Å². The molecule has 1 saturated heterocycles. The Labute approximate surface area is 147 Å². The SMILES string of the molecule is Cc1ccc(C2CCCN2C(=O)CSc2nncn2C(C)C)cc1. The van der Waals surface area contributed by atoms with Crippen LogP contribution in [0.2, 0.25) is 0 Å². The molecule has 0 radical (unpaired) electrons. The van der Waals surface area contributed by atoms with Gasteiger partial charge in [0.25, 0.3) is 0 Å². The molecule has 0 N–H and O–H groups in total. The number of aryl methyl sites for hydroxylation is 1. The molecule has 0 spiro atoms. The Hall–Kier alpha value is -1.82. The van der Waals surface area contributed by atoms with Crippen LogP contribution >= 0.6 is 11.8 Å². The summed E-state index contributed by atoms with van der Waals surface area (Å²) >= 11 is 1.47. The second-order valence-electron chi connectivity index (χ2n) is 6.56. The third kappa shape index (κ3) is 3.64. The van der Waals surface area contributed by atoms with Gasteiger partial charge in [0.05, 0.1) is 11.8 Å². The first-order chi connectivity index (χ1) is 11.6. The fourth-order valence-electron chi connectivity index (χ4n) is 3.10. The van der Waals surface area contributed by atoms with Crippen molar-refractivity contribution in [1.82, 2.24) is 19.7 Å². The Morgan fingerprint density at radius 2 is 2.08 bits per heavy atom. The number of rotatable bonds is 5. The van der Waals surface area contributed by atoms with Crippen LogP contribution in [0.3, 0.4) is 0 Å². The zero-order chi connectivity index (χ0) is 17.1. The molecule has 1 aliphatic heterocycles. The number of likely N-dealkylation sites (tertiary alicyclic amines) is 1. The van der Waals surface area contributed by atoms with Crippen LogP contribution in [-0.4, -0.2) is 37.9 Å². The number of aromatic nitrogens is 3. The van der Waals surface area contributed by atoms with E-state index >= 15 is 0 Å². The molecule has 1 aromatic heterocycles. The van der Waals surface area contributed by atoms with Gasteiger partial charge >= 0.3 is 0 Å². The van der Waals surface area contributed by atoms with Gasteiger partial charge in [-0.25, -0.2) is 0 Å². The third-order valence-electron chi connectivity index (χ3n) is 4.46. The van der Waals surface area contributed by atoms with Crippen LogP contribution in [0.4, 0.5) is 0 Å². The number of thioether (sulfide) groups is 1. The van der Waals surface area contributed by atoms with Gasteiger partial charge in [0.15, 0.2) is 5.16 Å². The van der Waals surface area contributed by atoms with Crippen molar-refractivity contribution < 1.29 is 4.79 Å². The summed E-state index contributed by atoms with van der Waals surface area (Å²) in [6.45, 7) is 7.10. The molecule has 0 bridgehead atoms. The van der Waals surface area contributed by atoms with E-state index in [1.807, 2.05) is 9.47 Å². The maximum atomic E-state index is 12.7. The highest BCUT2D eigenvalue weighted by Gasteiger charge is 2.30. The molecule has 1 atom stereocenters. The molecule has 128 valence electrons. The molecule has 2 aromatic rings. The summed E-state index contributed by atoms with van der Waals surface area (Å²) in [4.78, 5) is 14.7. The smallest absolute Gasteiger partial charge is 0.233 e. The molecule has 0 aliphatic carbocycles. The Balaban J connectivity index is 1.65. The van der Waals surface area contributed by atoms with Gasteiger partial charge in [-0.2, -0.15) is 0 Å². The Bertz CT molecular complexity index is 695. The molecular formula is C18H24N4OS. The zero-order valence-electron chi connectivity index (χ0n) is 14.5. The van der Waals surface area contributed by atoms with Crippen molar-refractivity contribution in [2.75, 3.05) is 12.3 Å². The van der Waals surface area contributed by atoms with Crippen molar-refractivity contribution >= 4 is 17.7 Å². The van der Waals surface area contributed by atoms with E-state index in [-0.39, 0.29) is 11.9 Å². The Morgan fingerprint density at radius 3 is 2.79 bits per heavy atom. The average molecular weight is 344 g/mol. The van der Waals surface area contributed by atoms with Gasteiger partial charge < -0.3 is 9.47 Å². The van der Waals surface area contributed by atoms with E-state index in [1.54, 1.807) is 6.33 Å². The maximum Gasteiger partial charge on any atom is 0.233 e. The van der Waals surface area contributed by atoms with Crippen LogP contribution in [0.25, 0.3) is 0 Å². The van der Waals surface area contributed by atoms with Gasteiger partial charge in [-0.1, -0.05) is 41.6 Å². The number of nitrogens with zero attached hydrogens (tertiary/aromatic N) is 4. The van der Waals surface area contributed by atoms with E-state index in [0.29, 0.717) is 11.8 Å². The molecule has 1 aliphatic rings. The van der Waals surface area contributed by atoms with Crippen LogP contribution in [0, 0.1) is 6.92 Å². The maximum absolute atomic E-state index is 12.7.